The van der Waals surface area contributed by atoms with E-state index in [0.29, 0.717) is 13.2 Å². The van der Waals surface area contributed by atoms with Crippen LogP contribution in [0.3, 0.4) is 0 Å². The Hall–Kier alpha value is -0.650. The molecule has 0 bridgehead atoms. The molecule has 0 saturated carbocycles. The van der Waals surface area contributed by atoms with Crippen LogP contribution in [0.4, 0.5) is 0 Å². The normalized spacial score (nSPS) is 19.9. The van der Waals surface area contributed by atoms with Crippen molar-refractivity contribution in [3.63, 3.8) is 0 Å². The molecule has 2 N–H and O–H groups in total. The maximum absolute atomic E-state index is 11.9. The third-order valence-corrected chi connectivity index (χ3v) is 3.32. The molecule has 19 heavy (non-hydrogen) atoms. The first-order chi connectivity index (χ1) is 9.34. The molecule has 0 radical (unpaired) electrons. The van der Waals surface area contributed by atoms with Gasteiger partial charge in [-0.2, -0.15) is 0 Å². The Kier molecular flexibility index (Phi) is 9.67. The van der Waals surface area contributed by atoms with Crippen LogP contribution >= 0.6 is 0 Å². The molecule has 5 nitrogen and oxygen atoms in total. The van der Waals surface area contributed by atoms with Crippen LogP contribution in [0.2, 0.25) is 0 Å². The number of carbonyl (C=O) groups is 1. The summed E-state index contributed by atoms with van der Waals surface area (Å²) in [5.41, 5.74) is 0. The molecule has 1 atom stereocenters. The van der Waals surface area contributed by atoms with Gasteiger partial charge in [-0.1, -0.05) is 12.8 Å². The number of ether oxygens (including phenoxy) is 2. The second-order valence-corrected chi connectivity index (χ2v) is 4.96. The summed E-state index contributed by atoms with van der Waals surface area (Å²) in [4.78, 5) is 11.9. The highest BCUT2D eigenvalue weighted by molar-refractivity contribution is 5.81. The number of methoxy groups -OCH3 is 1. The monoisotopic (exact) mass is 272 g/mol. The molecule has 1 aliphatic rings. The predicted octanol–water partition coefficient (Wildman–Crippen LogP) is 1.08. The summed E-state index contributed by atoms with van der Waals surface area (Å²) in [5.74, 6) is 0.155. The van der Waals surface area contributed by atoms with Gasteiger partial charge in [0.25, 0.3) is 0 Å². The molecule has 1 heterocycles. The maximum atomic E-state index is 11.9. The molecule has 0 aromatic carbocycles. The van der Waals surface area contributed by atoms with Gasteiger partial charge in [-0.25, -0.2) is 0 Å². The Morgan fingerprint density at radius 2 is 2.11 bits per heavy atom. The first kappa shape index (κ1) is 16.4. The average molecular weight is 272 g/mol. The molecule has 0 aliphatic carbocycles. The van der Waals surface area contributed by atoms with Crippen molar-refractivity contribution in [1.29, 1.82) is 0 Å². The standard InChI is InChI=1S/C14H28N2O3/c1-18-11-12-19-10-6-5-9-16-14(17)13-7-3-2-4-8-15-13/h13,15H,2-12H2,1H3,(H,16,17). The molecule has 1 amide bonds. The van der Waals surface area contributed by atoms with Gasteiger partial charge >= 0.3 is 0 Å². The predicted molar refractivity (Wildman–Crippen MR) is 75.2 cm³/mol. The second-order valence-electron chi connectivity index (χ2n) is 4.96. The SMILES string of the molecule is COCCOCCCCNC(=O)C1CCCCCN1. The van der Waals surface area contributed by atoms with E-state index in [9.17, 15) is 4.79 Å². The smallest absolute Gasteiger partial charge is 0.237 e. The summed E-state index contributed by atoms with van der Waals surface area (Å²) in [6, 6.07) is 0.0143. The summed E-state index contributed by atoms with van der Waals surface area (Å²) in [7, 11) is 1.67. The minimum absolute atomic E-state index is 0.0143. The van der Waals surface area contributed by atoms with E-state index in [0.717, 1.165) is 45.4 Å². The van der Waals surface area contributed by atoms with Gasteiger partial charge in [0.05, 0.1) is 19.3 Å². The molecular weight excluding hydrogens is 244 g/mol. The zero-order valence-electron chi connectivity index (χ0n) is 12.1. The minimum Gasteiger partial charge on any atom is -0.382 e. The van der Waals surface area contributed by atoms with E-state index in [4.69, 9.17) is 9.47 Å². The summed E-state index contributed by atoms with van der Waals surface area (Å²) in [5, 5.41) is 6.31. The highest BCUT2D eigenvalue weighted by Crippen LogP contribution is 2.08. The summed E-state index contributed by atoms with van der Waals surface area (Å²) in [6.45, 7) is 3.73. The van der Waals surface area contributed by atoms with Gasteiger partial charge in [0.2, 0.25) is 5.91 Å². The van der Waals surface area contributed by atoms with Crippen molar-refractivity contribution in [3.05, 3.63) is 0 Å². The van der Waals surface area contributed by atoms with Crippen molar-refractivity contribution in [2.45, 2.75) is 44.6 Å². The Balaban J connectivity index is 1.94. The molecule has 1 rings (SSSR count). The lowest BCUT2D eigenvalue weighted by molar-refractivity contribution is -0.123. The van der Waals surface area contributed by atoms with Crippen LogP contribution in [0, 0.1) is 0 Å². The molecule has 1 unspecified atom stereocenters. The molecule has 0 aromatic rings. The Bertz CT molecular complexity index is 229. The fraction of sp³-hybridized carbons (Fsp3) is 0.929. The van der Waals surface area contributed by atoms with Gasteiger partial charge in [-0.3, -0.25) is 4.79 Å². The molecule has 5 heteroatoms. The van der Waals surface area contributed by atoms with Crippen molar-refractivity contribution in [2.24, 2.45) is 0 Å². The zero-order valence-corrected chi connectivity index (χ0v) is 12.1. The van der Waals surface area contributed by atoms with Crippen molar-refractivity contribution in [3.8, 4) is 0 Å². The third-order valence-electron chi connectivity index (χ3n) is 3.32. The van der Waals surface area contributed by atoms with E-state index in [-0.39, 0.29) is 11.9 Å². The fourth-order valence-electron chi connectivity index (χ4n) is 2.16. The average Bonchev–Trinajstić information content (AvgIpc) is 2.70. The molecule has 112 valence electrons. The number of rotatable bonds is 9. The molecule has 0 spiro atoms. The number of hydrogen-bond donors (Lipinski definition) is 2. The number of hydrogen-bond acceptors (Lipinski definition) is 4. The molecule has 1 fully saturated rings. The summed E-state index contributed by atoms with van der Waals surface area (Å²) >= 11 is 0. The van der Waals surface area contributed by atoms with Crippen molar-refractivity contribution < 1.29 is 14.3 Å². The molecule has 0 aromatic heterocycles. The Morgan fingerprint density at radius 3 is 2.95 bits per heavy atom. The van der Waals surface area contributed by atoms with Crippen LogP contribution in [-0.2, 0) is 14.3 Å². The summed E-state index contributed by atoms with van der Waals surface area (Å²) in [6.07, 6.45) is 6.47. The van der Waals surface area contributed by atoms with Crippen LogP contribution in [-0.4, -0.2) is 52.0 Å². The largest absolute Gasteiger partial charge is 0.382 e. The van der Waals surface area contributed by atoms with Crippen LogP contribution < -0.4 is 10.6 Å². The van der Waals surface area contributed by atoms with Gasteiger partial charge in [-0.05, 0) is 32.2 Å². The van der Waals surface area contributed by atoms with Gasteiger partial charge < -0.3 is 20.1 Å². The second kappa shape index (κ2) is 11.2. The highest BCUT2D eigenvalue weighted by Gasteiger charge is 2.18. The molecule has 1 saturated heterocycles. The van der Waals surface area contributed by atoms with Crippen molar-refractivity contribution in [2.75, 3.05) is 40.0 Å². The van der Waals surface area contributed by atoms with Crippen LogP contribution in [0.5, 0.6) is 0 Å². The van der Waals surface area contributed by atoms with Gasteiger partial charge in [0.1, 0.15) is 0 Å². The van der Waals surface area contributed by atoms with Crippen molar-refractivity contribution >= 4 is 5.91 Å². The molecule has 1 aliphatic heterocycles. The fourth-order valence-corrected chi connectivity index (χ4v) is 2.16. The minimum atomic E-state index is 0.0143. The lowest BCUT2D eigenvalue weighted by Crippen LogP contribution is -2.44. The van der Waals surface area contributed by atoms with Gasteiger partial charge in [0.15, 0.2) is 0 Å². The van der Waals surface area contributed by atoms with Crippen LogP contribution in [0.1, 0.15) is 38.5 Å². The Labute approximate surface area is 116 Å². The van der Waals surface area contributed by atoms with Gasteiger partial charge in [0, 0.05) is 20.3 Å². The van der Waals surface area contributed by atoms with Crippen LogP contribution in [0.25, 0.3) is 0 Å². The first-order valence-electron chi connectivity index (χ1n) is 7.42. The number of nitrogens with one attached hydrogen (secondary N) is 2. The summed E-state index contributed by atoms with van der Waals surface area (Å²) < 4.78 is 10.3. The molecular formula is C14H28N2O3. The Morgan fingerprint density at radius 1 is 1.21 bits per heavy atom. The maximum Gasteiger partial charge on any atom is 0.237 e. The first-order valence-corrected chi connectivity index (χ1v) is 7.42. The number of unbranched alkanes of at least 4 members (excludes halogenated alkanes) is 1. The number of carbonyl (C=O) groups excluding carboxylic acids is 1. The quantitative estimate of drug-likeness (QED) is 0.617. The van der Waals surface area contributed by atoms with Crippen molar-refractivity contribution in [1.82, 2.24) is 10.6 Å². The zero-order chi connectivity index (χ0) is 13.8. The van der Waals surface area contributed by atoms with E-state index in [1.54, 1.807) is 7.11 Å². The lowest BCUT2D eigenvalue weighted by atomic mass is 10.1. The van der Waals surface area contributed by atoms with Crippen LogP contribution in [0.15, 0.2) is 0 Å². The lowest BCUT2D eigenvalue weighted by Gasteiger charge is -2.15. The van der Waals surface area contributed by atoms with Gasteiger partial charge in [-0.15, -0.1) is 0 Å². The highest BCUT2D eigenvalue weighted by atomic mass is 16.5. The van der Waals surface area contributed by atoms with E-state index < -0.39 is 0 Å². The van der Waals surface area contributed by atoms with E-state index in [1.807, 2.05) is 0 Å². The third kappa shape index (κ3) is 8.18. The van der Waals surface area contributed by atoms with E-state index in [2.05, 4.69) is 10.6 Å². The topological polar surface area (TPSA) is 59.6 Å². The van der Waals surface area contributed by atoms with E-state index >= 15 is 0 Å². The van der Waals surface area contributed by atoms with E-state index in [1.165, 1.54) is 12.8 Å². The number of amides is 1.